The molecule has 3 rings (SSSR count). The zero-order valence-corrected chi connectivity index (χ0v) is 14.2. The lowest BCUT2D eigenvalue weighted by molar-refractivity contribution is 0.0951. The molecule has 124 valence electrons. The van der Waals surface area contributed by atoms with Crippen LogP contribution in [0.15, 0.2) is 52.6 Å². The van der Waals surface area contributed by atoms with Crippen molar-refractivity contribution < 1.29 is 14.1 Å². The van der Waals surface area contributed by atoms with E-state index < -0.39 is 0 Å². The van der Waals surface area contributed by atoms with Crippen LogP contribution in [-0.4, -0.2) is 23.7 Å². The number of hydrogen-bond acceptors (Lipinski definition) is 4. The second-order valence-corrected chi connectivity index (χ2v) is 5.88. The summed E-state index contributed by atoms with van der Waals surface area (Å²) in [5.41, 5.74) is 4.18. The van der Waals surface area contributed by atoms with Gasteiger partial charge < -0.3 is 9.26 Å². The van der Waals surface area contributed by atoms with E-state index in [2.05, 4.69) is 5.16 Å². The summed E-state index contributed by atoms with van der Waals surface area (Å²) < 4.78 is 11.1. The smallest absolute Gasteiger partial charge is 0.192 e. The summed E-state index contributed by atoms with van der Waals surface area (Å²) in [7, 11) is 0. The number of carbonyl (C=O) groups excluding carboxylic acids is 1. The highest BCUT2D eigenvalue weighted by Crippen LogP contribution is 2.33. The van der Waals surface area contributed by atoms with E-state index in [0.29, 0.717) is 24.2 Å². The van der Waals surface area contributed by atoms with Crippen LogP contribution in [0.3, 0.4) is 0 Å². The van der Waals surface area contributed by atoms with Crippen LogP contribution in [0, 0.1) is 13.8 Å². The fourth-order valence-electron chi connectivity index (χ4n) is 3.10. The highest BCUT2D eigenvalue weighted by molar-refractivity contribution is 6.12. The fraction of sp³-hybridized carbons (Fsp3) is 0.300. The van der Waals surface area contributed by atoms with Gasteiger partial charge in [0.05, 0.1) is 11.8 Å². The van der Waals surface area contributed by atoms with Crippen LogP contribution >= 0.6 is 0 Å². The first-order valence-electron chi connectivity index (χ1n) is 8.17. The standard InChI is InChI=1S/C20H21NO3/c1-4-23-18-11-16(19-13(2)21-24-14(19)3)10-17(12-18)20(22)15-8-6-5-7-9-15/h5-10,12,18H,4,11H2,1-3H3. The average Bonchev–Trinajstić information content (AvgIpc) is 2.93. The number of Topliss-reactive ketones (excluding diaryl/α,β-unsaturated/α-hetero) is 1. The molecule has 0 saturated heterocycles. The third kappa shape index (κ3) is 3.24. The van der Waals surface area contributed by atoms with Crippen molar-refractivity contribution in [3.63, 3.8) is 0 Å². The fourth-order valence-corrected chi connectivity index (χ4v) is 3.10. The van der Waals surface area contributed by atoms with Crippen LogP contribution < -0.4 is 0 Å². The topological polar surface area (TPSA) is 52.3 Å². The number of ketones is 1. The molecule has 1 aromatic carbocycles. The van der Waals surface area contributed by atoms with E-state index in [1.807, 2.05) is 63.3 Å². The normalized spacial score (nSPS) is 17.4. The van der Waals surface area contributed by atoms with Gasteiger partial charge in [0.1, 0.15) is 5.76 Å². The first-order chi connectivity index (χ1) is 11.6. The first-order valence-corrected chi connectivity index (χ1v) is 8.17. The van der Waals surface area contributed by atoms with E-state index in [1.54, 1.807) is 0 Å². The number of allylic oxidation sites excluding steroid dienone is 2. The Morgan fingerprint density at radius 2 is 2.04 bits per heavy atom. The Morgan fingerprint density at radius 3 is 2.67 bits per heavy atom. The Hall–Kier alpha value is -2.46. The van der Waals surface area contributed by atoms with Crippen molar-refractivity contribution >= 4 is 11.4 Å². The largest absolute Gasteiger partial charge is 0.374 e. The molecule has 0 bridgehead atoms. The van der Waals surface area contributed by atoms with E-state index in [9.17, 15) is 4.79 Å². The molecular formula is C20H21NO3. The Kier molecular flexibility index (Phi) is 4.76. The molecule has 0 aliphatic heterocycles. The summed E-state index contributed by atoms with van der Waals surface area (Å²) in [6.45, 7) is 6.37. The van der Waals surface area contributed by atoms with Crippen LogP contribution in [0.4, 0.5) is 0 Å². The van der Waals surface area contributed by atoms with Crippen LogP contribution in [0.2, 0.25) is 0 Å². The molecule has 2 aromatic rings. The maximum absolute atomic E-state index is 12.8. The van der Waals surface area contributed by atoms with Gasteiger partial charge in [-0.15, -0.1) is 0 Å². The molecule has 1 aromatic heterocycles. The molecule has 1 atom stereocenters. The van der Waals surface area contributed by atoms with Gasteiger partial charge in [-0.1, -0.05) is 35.5 Å². The number of rotatable bonds is 5. The lowest BCUT2D eigenvalue weighted by atomic mass is 9.88. The summed E-state index contributed by atoms with van der Waals surface area (Å²) in [5.74, 6) is 0.770. The van der Waals surface area contributed by atoms with E-state index >= 15 is 0 Å². The van der Waals surface area contributed by atoms with E-state index in [-0.39, 0.29) is 11.9 Å². The Balaban J connectivity index is 2.01. The second kappa shape index (κ2) is 6.97. The maximum Gasteiger partial charge on any atom is 0.192 e. The molecule has 1 heterocycles. The summed E-state index contributed by atoms with van der Waals surface area (Å²) in [6, 6.07) is 9.30. The zero-order chi connectivity index (χ0) is 17.1. The lowest BCUT2D eigenvalue weighted by Crippen LogP contribution is -2.18. The summed E-state index contributed by atoms with van der Waals surface area (Å²) in [4.78, 5) is 12.8. The number of aromatic nitrogens is 1. The predicted octanol–water partition coefficient (Wildman–Crippen LogP) is 4.29. The van der Waals surface area contributed by atoms with Gasteiger partial charge in [0, 0.05) is 29.7 Å². The molecule has 1 unspecified atom stereocenters. The van der Waals surface area contributed by atoms with E-state index in [0.717, 1.165) is 22.6 Å². The zero-order valence-electron chi connectivity index (χ0n) is 14.2. The van der Waals surface area contributed by atoms with Gasteiger partial charge in [-0.3, -0.25) is 4.79 Å². The summed E-state index contributed by atoms with van der Waals surface area (Å²) in [6.07, 6.45) is 4.45. The van der Waals surface area contributed by atoms with Crippen LogP contribution in [0.25, 0.3) is 5.57 Å². The SMILES string of the molecule is CCOC1C=C(C(=O)c2ccccc2)C=C(c2c(C)noc2C)C1. The highest BCUT2D eigenvalue weighted by atomic mass is 16.5. The van der Waals surface area contributed by atoms with Crippen molar-refractivity contribution in [1.82, 2.24) is 5.16 Å². The molecule has 0 spiro atoms. The third-order valence-corrected chi connectivity index (χ3v) is 4.15. The van der Waals surface area contributed by atoms with Gasteiger partial charge in [0.15, 0.2) is 5.78 Å². The number of carbonyl (C=O) groups is 1. The minimum absolute atomic E-state index is 0.00395. The molecule has 24 heavy (non-hydrogen) atoms. The van der Waals surface area contributed by atoms with Gasteiger partial charge >= 0.3 is 0 Å². The Morgan fingerprint density at radius 1 is 1.29 bits per heavy atom. The maximum atomic E-state index is 12.8. The van der Waals surface area contributed by atoms with Gasteiger partial charge in [0.2, 0.25) is 0 Å². The van der Waals surface area contributed by atoms with E-state index in [4.69, 9.17) is 9.26 Å². The minimum atomic E-state index is -0.119. The van der Waals surface area contributed by atoms with Crippen LogP contribution in [-0.2, 0) is 4.74 Å². The van der Waals surface area contributed by atoms with Crippen molar-refractivity contribution in [3.8, 4) is 0 Å². The number of benzene rings is 1. The monoisotopic (exact) mass is 323 g/mol. The molecule has 0 saturated carbocycles. The first kappa shape index (κ1) is 16.4. The molecular weight excluding hydrogens is 302 g/mol. The Labute approximate surface area is 141 Å². The third-order valence-electron chi connectivity index (χ3n) is 4.15. The molecule has 1 aliphatic rings. The lowest BCUT2D eigenvalue weighted by Gasteiger charge is -2.21. The number of hydrogen-bond donors (Lipinski definition) is 0. The number of nitrogens with zero attached hydrogens (tertiary/aromatic N) is 1. The molecule has 1 aliphatic carbocycles. The molecule has 0 fully saturated rings. The van der Waals surface area contributed by atoms with Gasteiger partial charge in [-0.05, 0) is 38.5 Å². The van der Waals surface area contributed by atoms with Crippen LogP contribution in [0.1, 0.15) is 40.7 Å². The molecule has 0 N–H and O–H groups in total. The number of aryl methyl sites for hydroxylation is 2. The van der Waals surface area contributed by atoms with Crippen molar-refractivity contribution in [1.29, 1.82) is 0 Å². The second-order valence-electron chi connectivity index (χ2n) is 5.88. The molecule has 0 radical (unpaired) electrons. The van der Waals surface area contributed by atoms with Crippen molar-refractivity contribution in [2.75, 3.05) is 6.61 Å². The predicted molar refractivity (Wildman–Crippen MR) is 92.8 cm³/mol. The van der Waals surface area contributed by atoms with Crippen molar-refractivity contribution in [2.45, 2.75) is 33.3 Å². The van der Waals surface area contributed by atoms with Gasteiger partial charge in [0.25, 0.3) is 0 Å². The molecule has 4 heteroatoms. The number of ether oxygens (including phenoxy) is 1. The highest BCUT2D eigenvalue weighted by Gasteiger charge is 2.24. The quantitative estimate of drug-likeness (QED) is 0.770. The van der Waals surface area contributed by atoms with Crippen molar-refractivity contribution in [3.05, 3.63) is 70.6 Å². The summed E-state index contributed by atoms with van der Waals surface area (Å²) in [5, 5.41) is 4.03. The summed E-state index contributed by atoms with van der Waals surface area (Å²) >= 11 is 0. The van der Waals surface area contributed by atoms with Crippen LogP contribution in [0.5, 0.6) is 0 Å². The minimum Gasteiger partial charge on any atom is -0.374 e. The van der Waals surface area contributed by atoms with Gasteiger partial charge in [-0.2, -0.15) is 0 Å². The molecule has 0 amide bonds. The van der Waals surface area contributed by atoms with Crippen molar-refractivity contribution in [2.24, 2.45) is 0 Å². The average molecular weight is 323 g/mol. The van der Waals surface area contributed by atoms with E-state index in [1.165, 1.54) is 0 Å². The Bertz CT molecular complexity index is 780. The van der Waals surface area contributed by atoms with Gasteiger partial charge in [-0.25, -0.2) is 0 Å². The molecule has 4 nitrogen and oxygen atoms in total.